The maximum atomic E-state index is 13.3. The second-order valence-corrected chi connectivity index (χ2v) is 8.03. The number of carbonyl (C=O) groups is 2. The van der Waals surface area contributed by atoms with Crippen molar-refractivity contribution in [2.24, 2.45) is 0 Å². The van der Waals surface area contributed by atoms with Crippen molar-refractivity contribution in [3.8, 4) is 0 Å². The van der Waals surface area contributed by atoms with E-state index in [1.165, 1.54) is 17.0 Å². The quantitative estimate of drug-likeness (QED) is 0.843. The van der Waals surface area contributed by atoms with Gasteiger partial charge in [0, 0.05) is 12.6 Å². The van der Waals surface area contributed by atoms with E-state index >= 15 is 0 Å². The summed E-state index contributed by atoms with van der Waals surface area (Å²) in [7, 11) is 0. The van der Waals surface area contributed by atoms with E-state index in [4.69, 9.17) is 4.74 Å². The summed E-state index contributed by atoms with van der Waals surface area (Å²) in [5.74, 6) is -1.96. The lowest BCUT2D eigenvalue weighted by Crippen LogP contribution is -2.49. The number of halogens is 2. The highest BCUT2D eigenvalue weighted by atomic mass is 19.2. The first-order valence-corrected chi connectivity index (χ1v) is 9.31. The number of carbonyl (C=O) groups excluding carboxylic acids is 2. The summed E-state index contributed by atoms with van der Waals surface area (Å²) in [5.41, 5.74) is 0.0598. The van der Waals surface area contributed by atoms with Crippen LogP contribution in [0.5, 0.6) is 0 Å². The molecule has 1 aliphatic rings. The molecule has 150 valence electrons. The molecule has 7 heteroatoms. The normalized spacial score (nSPS) is 18.3. The molecule has 1 saturated heterocycles. The van der Waals surface area contributed by atoms with Gasteiger partial charge in [-0.25, -0.2) is 13.6 Å². The Hall–Kier alpha value is -2.18. The fraction of sp³-hybridized carbons (Fsp3) is 0.600. The molecule has 5 nitrogen and oxygen atoms in total. The molecule has 2 unspecified atom stereocenters. The average molecular weight is 382 g/mol. The van der Waals surface area contributed by atoms with Crippen molar-refractivity contribution in [2.45, 2.75) is 71.1 Å². The Morgan fingerprint density at radius 1 is 1.30 bits per heavy atom. The minimum Gasteiger partial charge on any atom is -0.444 e. The molecule has 1 aromatic carbocycles. The van der Waals surface area contributed by atoms with Gasteiger partial charge in [0.2, 0.25) is 5.91 Å². The van der Waals surface area contributed by atoms with E-state index in [9.17, 15) is 18.4 Å². The molecule has 2 amide bonds. The van der Waals surface area contributed by atoms with Gasteiger partial charge in [0.05, 0.1) is 0 Å². The van der Waals surface area contributed by atoms with Gasteiger partial charge >= 0.3 is 6.09 Å². The van der Waals surface area contributed by atoms with Crippen molar-refractivity contribution in [3.05, 3.63) is 35.4 Å². The molecule has 1 fully saturated rings. The Balaban J connectivity index is 1.87. The lowest BCUT2D eigenvalue weighted by Gasteiger charge is -2.28. The topological polar surface area (TPSA) is 58.6 Å². The number of hydrogen-bond acceptors (Lipinski definition) is 3. The van der Waals surface area contributed by atoms with Crippen LogP contribution >= 0.6 is 0 Å². The van der Waals surface area contributed by atoms with E-state index in [0.717, 1.165) is 12.5 Å². The molecule has 2 atom stereocenters. The number of amides is 2. The number of hydrogen-bond donors (Lipinski definition) is 1. The van der Waals surface area contributed by atoms with Gasteiger partial charge in [0.15, 0.2) is 11.6 Å². The number of nitrogens with zero attached hydrogens (tertiary/aromatic N) is 1. The Labute approximate surface area is 159 Å². The Bertz CT molecular complexity index is 688. The lowest BCUT2D eigenvalue weighted by molar-refractivity contribution is -0.126. The fourth-order valence-electron chi connectivity index (χ4n) is 3.07. The first-order chi connectivity index (χ1) is 12.6. The predicted molar refractivity (Wildman–Crippen MR) is 98.2 cm³/mol. The van der Waals surface area contributed by atoms with Crippen LogP contribution in [0.4, 0.5) is 13.6 Å². The minimum atomic E-state index is -0.872. The molecule has 0 bridgehead atoms. The number of rotatable bonds is 5. The average Bonchev–Trinajstić information content (AvgIpc) is 3.04. The van der Waals surface area contributed by atoms with Crippen LogP contribution in [-0.2, 0) is 16.0 Å². The predicted octanol–water partition coefficient (Wildman–Crippen LogP) is 3.80. The van der Waals surface area contributed by atoms with Crippen molar-refractivity contribution in [1.82, 2.24) is 10.2 Å². The molecule has 0 saturated carbocycles. The van der Waals surface area contributed by atoms with E-state index in [-0.39, 0.29) is 11.9 Å². The number of aryl methyl sites for hydroxylation is 1. The van der Waals surface area contributed by atoms with Gasteiger partial charge in [0.1, 0.15) is 11.6 Å². The third-order valence-corrected chi connectivity index (χ3v) is 4.42. The number of nitrogens with one attached hydrogen (secondary N) is 1. The van der Waals surface area contributed by atoms with E-state index in [0.29, 0.717) is 31.4 Å². The van der Waals surface area contributed by atoms with Crippen LogP contribution in [0.3, 0.4) is 0 Å². The van der Waals surface area contributed by atoms with Crippen molar-refractivity contribution in [3.63, 3.8) is 0 Å². The van der Waals surface area contributed by atoms with Gasteiger partial charge in [-0.05, 0) is 71.1 Å². The Morgan fingerprint density at radius 3 is 2.63 bits per heavy atom. The minimum absolute atomic E-state index is 0.160. The zero-order chi connectivity index (χ0) is 20.2. The second-order valence-electron chi connectivity index (χ2n) is 8.03. The molecule has 0 aromatic heterocycles. The highest BCUT2D eigenvalue weighted by molar-refractivity contribution is 5.86. The van der Waals surface area contributed by atoms with Gasteiger partial charge in [-0.15, -0.1) is 0 Å². The molecule has 0 radical (unpaired) electrons. The van der Waals surface area contributed by atoms with Crippen molar-refractivity contribution in [2.75, 3.05) is 6.54 Å². The molecule has 1 N–H and O–H groups in total. The SMILES string of the molecule is CC(CCc1ccc(F)c(F)c1)NC(=O)C1CCCN1C(=O)OC(C)(C)C. The first-order valence-electron chi connectivity index (χ1n) is 9.31. The van der Waals surface area contributed by atoms with Crippen LogP contribution < -0.4 is 5.32 Å². The molecule has 1 heterocycles. The summed E-state index contributed by atoms with van der Waals surface area (Å²) >= 11 is 0. The van der Waals surface area contributed by atoms with Gasteiger partial charge in [-0.3, -0.25) is 9.69 Å². The van der Waals surface area contributed by atoms with E-state index < -0.39 is 29.4 Å². The van der Waals surface area contributed by atoms with Crippen molar-refractivity contribution in [1.29, 1.82) is 0 Å². The van der Waals surface area contributed by atoms with Crippen molar-refractivity contribution < 1.29 is 23.1 Å². The summed E-state index contributed by atoms with van der Waals surface area (Å²) in [5, 5.41) is 2.91. The third kappa shape index (κ3) is 6.19. The largest absolute Gasteiger partial charge is 0.444 e. The molecule has 0 aliphatic carbocycles. The van der Waals surface area contributed by atoms with Gasteiger partial charge in [0.25, 0.3) is 0 Å². The summed E-state index contributed by atoms with van der Waals surface area (Å²) in [6.07, 6.45) is 1.96. The van der Waals surface area contributed by atoms with E-state index in [2.05, 4.69) is 5.32 Å². The Kier molecular flexibility index (Phi) is 6.78. The van der Waals surface area contributed by atoms with Gasteiger partial charge in [-0.2, -0.15) is 0 Å². The van der Waals surface area contributed by atoms with Crippen LogP contribution in [0.2, 0.25) is 0 Å². The maximum absolute atomic E-state index is 13.3. The van der Waals surface area contributed by atoms with Crippen LogP contribution in [0.1, 0.15) is 52.5 Å². The van der Waals surface area contributed by atoms with E-state index in [1.807, 2.05) is 6.92 Å². The molecule has 1 aromatic rings. The number of benzene rings is 1. The number of ether oxygens (including phenoxy) is 1. The number of likely N-dealkylation sites (tertiary alicyclic amines) is 1. The summed E-state index contributed by atoms with van der Waals surface area (Å²) in [6.45, 7) is 7.71. The van der Waals surface area contributed by atoms with Crippen LogP contribution in [-0.4, -0.2) is 41.1 Å². The maximum Gasteiger partial charge on any atom is 0.410 e. The molecule has 0 spiro atoms. The lowest BCUT2D eigenvalue weighted by atomic mass is 10.1. The molecular weight excluding hydrogens is 354 g/mol. The Morgan fingerprint density at radius 2 is 2.00 bits per heavy atom. The smallest absolute Gasteiger partial charge is 0.410 e. The van der Waals surface area contributed by atoms with Crippen LogP contribution in [0, 0.1) is 11.6 Å². The highest BCUT2D eigenvalue weighted by Gasteiger charge is 2.36. The van der Waals surface area contributed by atoms with Crippen LogP contribution in [0.25, 0.3) is 0 Å². The summed E-state index contributed by atoms with van der Waals surface area (Å²) in [6, 6.07) is 3.11. The summed E-state index contributed by atoms with van der Waals surface area (Å²) < 4.78 is 31.6. The highest BCUT2D eigenvalue weighted by Crippen LogP contribution is 2.21. The fourth-order valence-corrected chi connectivity index (χ4v) is 3.07. The second kappa shape index (κ2) is 8.67. The standard InChI is InChI=1S/C20H28F2N2O3/c1-13(7-8-14-9-10-15(21)16(22)12-14)23-18(25)17-6-5-11-24(17)19(26)27-20(2,3)4/h9-10,12-13,17H,5-8,11H2,1-4H3,(H,23,25). The molecule has 2 rings (SSSR count). The molecular formula is C20H28F2N2O3. The van der Waals surface area contributed by atoms with Gasteiger partial charge < -0.3 is 10.1 Å². The zero-order valence-corrected chi connectivity index (χ0v) is 16.4. The van der Waals surface area contributed by atoms with Gasteiger partial charge in [-0.1, -0.05) is 6.07 Å². The van der Waals surface area contributed by atoms with Crippen LogP contribution in [0.15, 0.2) is 18.2 Å². The first kappa shape index (κ1) is 21.1. The monoisotopic (exact) mass is 382 g/mol. The third-order valence-electron chi connectivity index (χ3n) is 4.42. The molecule has 27 heavy (non-hydrogen) atoms. The summed E-state index contributed by atoms with van der Waals surface area (Å²) in [4.78, 5) is 26.3. The van der Waals surface area contributed by atoms with Crippen molar-refractivity contribution >= 4 is 12.0 Å². The van der Waals surface area contributed by atoms with E-state index in [1.54, 1.807) is 20.8 Å². The molecule has 1 aliphatic heterocycles. The zero-order valence-electron chi connectivity index (χ0n) is 16.4.